The van der Waals surface area contributed by atoms with Crippen LogP contribution in [0.3, 0.4) is 0 Å². The molecule has 0 atom stereocenters. The van der Waals surface area contributed by atoms with Gasteiger partial charge in [-0.2, -0.15) is 0 Å². The number of nitrogens with one attached hydrogen (secondary N) is 1. The number of hydrogen-bond acceptors (Lipinski definition) is 5. The lowest BCUT2D eigenvalue weighted by Crippen LogP contribution is -2.41. The second-order valence-corrected chi connectivity index (χ2v) is 6.89. The molecule has 150 valence electrons. The Kier molecular flexibility index (Phi) is 5.92. The van der Waals surface area contributed by atoms with Crippen molar-refractivity contribution in [3.8, 4) is 0 Å². The Balaban J connectivity index is 1.57. The van der Waals surface area contributed by atoms with E-state index in [1.54, 1.807) is 24.3 Å². The number of urea groups is 1. The average molecular weight is 394 g/mol. The van der Waals surface area contributed by atoms with Gasteiger partial charge < -0.3 is 10.2 Å². The van der Waals surface area contributed by atoms with Gasteiger partial charge in [-0.3, -0.25) is 19.3 Å². The summed E-state index contributed by atoms with van der Waals surface area (Å²) in [5, 5.41) is 2.67. The van der Waals surface area contributed by atoms with Gasteiger partial charge in [0.25, 0.3) is 0 Å². The van der Waals surface area contributed by atoms with E-state index in [0.717, 1.165) is 21.7 Å². The molecule has 0 saturated carbocycles. The Morgan fingerprint density at radius 1 is 0.862 bits per heavy atom. The summed E-state index contributed by atoms with van der Waals surface area (Å²) in [5.41, 5.74) is 2.63. The minimum Gasteiger partial charge on any atom is -0.378 e. The summed E-state index contributed by atoms with van der Waals surface area (Å²) in [6.45, 7) is -0.254. The summed E-state index contributed by atoms with van der Waals surface area (Å²) in [6, 6.07) is 15.7. The molecule has 0 unspecified atom stereocenters. The molecule has 0 bridgehead atoms. The number of anilines is 1. The van der Waals surface area contributed by atoms with Gasteiger partial charge in [-0.1, -0.05) is 42.5 Å². The molecule has 1 heterocycles. The van der Waals surface area contributed by atoms with Crippen LogP contribution in [0.4, 0.5) is 10.5 Å². The first-order valence-electron chi connectivity index (χ1n) is 9.11. The maximum atomic E-state index is 12.5. The predicted octanol–water partition coefficient (Wildman–Crippen LogP) is 1.36. The molecule has 1 fully saturated rings. The van der Waals surface area contributed by atoms with Gasteiger partial charge in [0, 0.05) is 26.3 Å². The fourth-order valence-corrected chi connectivity index (χ4v) is 2.91. The van der Waals surface area contributed by atoms with E-state index in [2.05, 4.69) is 5.32 Å². The molecule has 0 spiro atoms. The number of hydrogen-bond donors (Lipinski definition) is 1. The standard InChI is InChI=1S/C21H22N4O4/c1-23(2)17-10-8-15(9-11-17)12-22-18(26)14-25-20(28)19(27)24(21(25)29)13-16-6-4-3-5-7-16/h3-11H,12-14H2,1-2H3,(H,22,26). The average Bonchev–Trinajstić information content (AvgIpc) is 2.91. The Hall–Kier alpha value is -3.68. The maximum absolute atomic E-state index is 12.5. The number of carbonyl (C=O) groups excluding carboxylic acids is 4. The van der Waals surface area contributed by atoms with Crippen molar-refractivity contribution < 1.29 is 19.2 Å². The van der Waals surface area contributed by atoms with Crippen LogP contribution < -0.4 is 10.2 Å². The second-order valence-electron chi connectivity index (χ2n) is 6.89. The molecule has 3 rings (SSSR count). The van der Waals surface area contributed by atoms with Gasteiger partial charge in [-0.05, 0) is 23.3 Å². The molecule has 2 aromatic rings. The zero-order chi connectivity index (χ0) is 21.0. The van der Waals surface area contributed by atoms with Crippen LogP contribution in [0.2, 0.25) is 0 Å². The monoisotopic (exact) mass is 394 g/mol. The number of imide groups is 2. The molecular weight excluding hydrogens is 372 g/mol. The zero-order valence-corrected chi connectivity index (χ0v) is 16.3. The van der Waals surface area contributed by atoms with E-state index >= 15 is 0 Å². The Labute approximate surface area is 168 Å². The fraction of sp³-hybridized carbons (Fsp3) is 0.238. The summed E-state index contributed by atoms with van der Waals surface area (Å²) < 4.78 is 0. The normalized spacial score (nSPS) is 13.8. The largest absolute Gasteiger partial charge is 0.378 e. The number of carbonyl (C=O) groups is 4. The van der Waals surface area contributed by atoms with Crippen molar-refractivity contribution in [1.82, 2.24) is 15.1 Å². The van der Waals surface area contributed by atoms with Crippen LogP contribution in [0.5, 0.6) is 0 Å². The van der Waals surface area contributed by atoms with E-state index in [4.69, 9.17) is 0 Å². The number of amides is 5. The van der Waals surface area contributed by atoms with Gasteiger partial charge in [0.05, 0.1) is 6.54 Å². The number of benzene rings is 2. The van der Waals surface area contributed by atoms with Crippen LogP contribution in [0.15, 0.2) is 54.6 Å². The van der Waals surface area contributed by atoms with Gasteiger partial charge >= 0.3 is 17.8 Å². The summed E-state index contributed by atoms with van der Waals surface area (Å²) in [6.07, 6.45) is 0. The maximum Gasteiger partial charge on any atom is 0.335 e. The number of nitrogens with zero attached hydrogens (tertiary/aromatic N) is 3. The van der Waals surface area contributed by atoms with Crippen LogP contribution in [0.1, 0.15) is 11.1 Å². The molecule has 1 N–H and O–H groups in total. The molecule has 1 aliphatic heterocycles. The van der Waals surface area contributed by atoms with Gasteiger partial charge in [0.15, 0.2) is 0 Å². The molecule has 2 aromatic carbocycles. The van der Waals surface area contributed by atoms with Crippen LogP contribution >= 0.6 is 0 Å². The van der Waals surface area contributed by atoms with E-state index in [-0.39, 0.29) is 13.1 Å². The second kappa shape index (κ2) is 8.55. The topological polar surface area (TPSA) is 90.0 Å². The van der Waals surface area contributed by atoms with E-state index in [0.29, 0.717) is 4.90 Å². The first-order chi connectivity index (χ1) is 13.9. The van der Waals surface area contributed by atoms with Crippen molar-refractivity contribution in [2.24, 2.45) is 0 Å². The molecular formula is C21H22N4O4. The van der Waals surface area contributed by atoms with Crippen LogP contribution in [-0.2, 0) is 27.5 Å². The summed E-state index contributed by atoms with van der Waals surface area (Å²) in [4.78, 5) is 52.5. The Morgan fingerprint density at radius 2 is 1.48 bits per heavy atom. The first kappa shape index (κ1) is 20.1. The zero-order valence-electron chi connectivity index (χ0n) is 16.3. The molecule has 8 nitrogen and oxygen atoms in total. The van der Waals surface area contributed by atoms with Gasteiger partial charge in [0.2, 0.25) is 5.91 Å². The van der Waals surface area contributed by atoms with Crippen LogP contribution in [0.25, 0.3) is 0 Å². The third kappa shape index (κ3) is 4.60. The van der Waals surface area contributed by atoms with Crippen molar-refractivity contribution in [3.63, 3.8) is 0 Å². The minimum absolute atomic E-state index is 0.0133. The minimum atomic E-state index is -0.989. The van der Waals surface area contributed by atoms with Gasteiger partial charge in [-0.25, -0.2) is 9.69 Å². The van der Waals surface area contributed by atoms with E-state index in [1.165, 1.54) is 0 Å². The lowest BCUT2D eigenvalue weighted by molar-refractivity contribution is -0.144. The highest BCUT2D eigenvalue weighted by atomic mass is 16.2. The molecule has 1 saturated heterocycles. The SMILES string of the molecule is CN(C)c1ccc(CNC(=O)CN2C(=O)C(=O)N(Cc3ccccc3)C2=O)cc1. The van der Waals surface area contributed by atoms with Crippen LogP contribution in [-0.4, -0.2) is 54.2 Å². The lowest BCUT2D eigenvalue weighted by atomic mass is 10.2. The highest BCUT2D eigenvalue weighted by Gasteiger charge is 2.45. The van der Waals surface area contributed by atoms with Crippen molar-refractivity contribution in [3.05, 3.63) is 65.7 Å². The van der Waals surface area contributed by atoms with E-state index < -0.39 is 30.3 Å². The Morgan fingerprint density at radius 3 is 2.10 bits per heavy atom. The predicted molar refractivity (Wildman–Crippen MR) is 107 cm³/mol. The first-order valence-corrected chi connectivity index (χ1v) is 9.11. The van der Waals surface area contributed by atoms with Crippen molar-refractivity contribution >= 4 is 29.4 Å². The third-order valence-corrected chi connectivity index (χ3v) is 4.56. The molecule has 0 aromatic heterocycles. The van der Waals surface area contributed by atoms with Crippen LogP contribution in [0, 0.1) is 0 Å². The Bertz CT molecular complexity index is 925. The molecule has 5 amide bonds. The number of rotatable bonds is 7. The molecule has 0 radical (unpaired) electrons. The smallest absolute Gasteiger partial charge is 0.335 e. The molecule has 0 aliphatic carbocycles. The van der Waals surface area contributed by atoms with Crippen molar-refractivity contribution in [2.75, 3.05) is 25.5 Å². The van der Waals surface area contributed by atoms with Gasteiger partial charge in [-0.15, -0.1) is 0 Å². The third-order valence-electron chi connectivity index (χ3n) is 4.56. The molecule has 1 aliphatic rings. The van der Waals surface area contributed by atoms with Gasteiger partial charge in [0.1, 0.15) is 6.54 Å². The van der Waals surface area contributed by atoms with Crippen molar-refractivity contribution in [2.45, 2.75) is 13.1 Å². The molecule has 29 heavy (non-hydrogen) atoms. The highest BCUT2D eigenvalue weighted by Crippen LogP contribution is 2.16. The quantitative estimate of drug-likeness (QED) is 0.566. The summed E-state index contributed by atoms with van der Waals surface area (Å²) >= 11 is 0. The van der Waals surface area contributed by atoms with E-state index in [1.807, 2.05) is 49.3 Å². The lowest BCUT2D eigenvalue weighted by Gasteiger charge is -2.16. The highest BCUT2D eigenvalue weighted by molar-refractivity contribution is 6.44. The molecule has 8 heteroatoms. The van der Waals surface area contributed by atoms with Crippen molar-refractivity contribution in [1.29, 1.82) is 0 Å². The summed E-state index contributed by atoms with van der Waals surface area (Å²) in [5.74, 6) is -2.43. The summed E-state index contributed by atoms with van der Waals surface area (Å²) in [7, 11) is 3.87. The van der Waals surface area contributed by atoms with E-state index in [9.17, 15) is 19.2 Å². The fourth-order valence-electron chi connectivity index (χ4n) is 2.91.